The SMILES string of the molecule is C[C@@H]1CN(S(=O)(=O)c2ccc3c(c2)OCCO3)C[C@H](C)O1. The summed E-state index contributed by atoms with van der Waals surface area (Å²) in [5, 5.41) is 0. The number of morpholine rings is 1. The van der Waals surface area contributed by atoms with E-state index in [1.54, 1.807) is 12.1 Å². The van der Waals surface area contributed by atoms with E-state index >= 15 is 0 Å². The zero-order chi connectivity index (χ0) is 15.0. The third kappa shape index (κ3) is 2.86. The summed E-state index contributed by atoms with van der Waals surface area (Å²) in [6.07, 6.45) is -0.221. The van der Waals surface area contributed by atoms with Gasteiger partial charge in [-0.3, -0.25) is 0 Å². The van der Waals surface area contributed by atoms with Gasteiger partial charge in [0.1, 0.15) is 13.2 Å². The predicted molar refractivity (Wildman–Crippen MR) is 76.2 cm³/mol. The normalized spacial score (nSPS) is 26.6. The van der Waals surface area contributed by atoms with Crippen molar-refractivity contribution in [3.8, 4) is 11.5 Å². The lowest BCUT2D eigenvalue weighted by molar-refractivity contribution is -0.0440. The lowest BCUT2D eigenvalue weighted by Gasteiger charge is -2.34. The number of sulfonamides is 1. The molecular weight excluding hydrogens is 294 g/mol. The molecule has 0 aliphatic carbocycles. The topological polar surface area (TPSA) is 65.1 Å². The maximum Gasteiger partial charge on any atom is 0.243 e. The van der Waals surface area contributed by atoms with Crippen molar-refractivity contribution in [1.29, 1.82) is 0 Å². The van der Waals surface area contributed by atoms with Crippen LogP contribution in [0.1, 0.15) is 13.8 Å². The number of hydrogen-bond acceptors (Lipinski definition) is 5. The second kappa shape index (κ2) is 5.47. The molecule has 1 aromatic carbocycles. The van der Waals surface area contributed by atoms with Crippen LogP contribution < -0.4 is 9.47 Å². The first-order valence-corrected chi connectivity index (χ1v) is 8.46. The molecule has 0 unspecified atom stereocenters. The van der Waals surface area contributed by atoms with Gasteiger partial charge in [-0.1, -0.05) is 0 Å². The van der Waals surface area contributed by atoms with E-state index in [-0.39, 0.29) is 17.1 Å². The highest BCUT2D eigenvalue weighted by atomic mass is 32.2. The Labute approximate surface area is 124 Å². The summed E-state index contributed by atoms with van der Waals surface area (Å²) in [6.45, 7) is 5.39. The Morgan fingerprint density at radius 3 is 2.33 bits per heavy atom. The fourth-order valence-electron chi connectivity index (χ4n) is 2.66. The van der Waals surface area contributed by atoms with Gasteiger partial charge in [-0.25, -0.2) is 8.42 Å². The largest absolute Gasteiger partial charge is 0.486 e. The van der Waals surface area contributed by atoms with E-state index in [0.717, 1.165) is 0 Å². The predicted octanol–water partition coefficient (Wildman–Crippen LogP) is 1.26. The van der Waals surface area contributed by atoms with Crippen molar-refractivity contribution < 1.29 is 22.6 Å². The minimum absolute atomic E-state index is 0.110. The number of nitrogens with zero attached hydrogens (tertiary/aromatic N) is 1. The molecule has 6 nitrogen and oxygen atoms in total. The van der Waals surface area contributed by atoms with Crippen LogP contribution in [0.5, 0.6) is 11.5 Å². The third-order valence-electron chi connectivity index (χ3n) is 3.54. The molecule has 2 aliphatic rings. The standard InChI is InChI=1S/C14H19NO5S/c1-10-8-15(9-11(2)20-10)21(16,17)12-3-4-13-14(7-12)19-6-5-18-13/h3-4,7,10-11H,5-6,8-9H2,1-2H3/t10-,11+. The van der Waals surface area contributed by atoms with Crippen LogP contribution in [0.3, 0.4) is 0 Å². The summed E-state index contributed by atoms with van der Waals surface area (Å²) in [6, 6.07) is 4.75. The average molecular weight is 313 g/mol. The van der Waals surface area contributed by atoms with Gasteiger partial charge in [0.2, 0.25) is 10.0 Å². The number of rotatable bonds is 2. The van der Waals surface area contributed by atoms with Crippen molar-refractivity contribution in [2.45, 2.75) is 31.0 Å². The van der Waals surface area contributed by atoms with Crippen molar-refractivity contribution in [1.82, 2.24) is 4.31 Å². The lowest BCUT2D eigenvalue weighted by atomic mass is 10.3. The lowest BCUT2D eigenvalue weighted by Crippen LogP contribution is -2.48. The molecule has 21 heavy (non-hydrogen) atoms. The molecule has 2 heterocycles. The van der Waals surface area contributed by atoms with Crippen molar-refractivity contribution in [3.63, 3.8) is 0 Å². The van der Waals surface area contributed by atoms with Gasteiger partial charge >= 0.3 is 0 Å². The molecule has 0 aromatic heterocycles. The Morgan fingerprint density at radius 2 is 1.67 bits per heavy atom. The Hall–Kier alpha value is -1.31. The highest BCUT2D eigenvalue weighted by Crippen LogP contribution is 2.33. The van der Waals surface area contributed by atoms with Gasteiger partial charge in [0, 0.05) is 19.2 Å². The van der Waals surface area contributed by atoms with Crippen LogP contribution >= 0.6 is 0 Å². The van der Waals surface area contributed by atoms with E-state index in [1.165, 1.54) is 10.4 Å². The van der Waals surface area contributed by atoms with Gasteiger partial charge in [-0.2, -0.15) is 4.31 Å². The third-order valence-corrected chi connectivity index (χ3v) is 5.37. The minimum Gasteiger partial charge on any atom is -0.486 e. The van der Waals surface area contributed by atoms with Crippen LogP contribution in [0.15, 0.2) is 23.1 Å². The second-order valence-electron chi connectivity index (χ2n) is 5.38. The molecule has 0 spiro atoms. The van der Waals surface area contributed by atoms with Crippen molar-refractivity contribution in [2.75, 3.05) is 26.3 Å². The molecule has 1 saturated heterocycles. The van der Waals surface area contributed by atoms with Crippen LogP contribution in [0.2, 0.25) is 0 Å². The van der Waals surface area contributed by atoms with Crippen LogP contribution in [0.4, 0.5) is 0 Å². The first kappa shape index (κ1) is 14.6. The molecule has 7 heteroatoms. The second-order valence-corrected chi connectivity index (χ2v) is 7.32. The molecule has 0 N–H and O–H groups in total. The molecule has 2 aliphatic heterocycles. The maximum atomic E-state index is 12.7. The maximum absolute atomic E-state index is 12.7. The van der Waals surface area contributed by atoms with Crippen LogP contribution in [-0.4, -0.2) is 51.2 Å². The molecule has 0 saturated carbocycles. The van der Waals surface area contributed by atoms with Gasteiger partial charge in [0.25, 0.3) is 0 Å². The Kier molecular flexibility index (Phi) is 3.81. The highest BCUT2D eigenvalue weighted by Gasteiger charge is 2.32. The quantitative estimate of drug-likeness (QED) is 0.822. The van der Waals surface area contributed by atoms with Crippen LogP contribution in [0.25, 0.3) is 0 Å². The van der Waals surface area contributed by atoms with E-state index < -0.39 is 10.0 Å². The van der Waals surface area contributed by atoms with Crippen molar-refractivity contribution in [3.05, 3.63) is 18.2 Å². The number of benzene rings is 1. The number of fused-ring (bicyclic) bond motifs is 1. The average Bonchev–Trinajstić information content (AvgIpc) is 2.45. The molecule has 2 atom stereocenters. The van der Waals surface area contributed by atoms with Crippen LogP contribution in [0, 0.1) is 0 Å². The fourth-order valence-corrected chi connectivity index (χ4v) is 4.27. The fraction of sp³-hybridized carbons (Fsp3) is 0.571. The number of hydrogen-bond donors (Lipinski definition) is 0. The minimum atomic E-state index is -3.54. The van der Waals surface area contributed by atoms with Gasteiger partial charge in [0.15, 0.2) is 11.5 Å². The van der Waals surface area contributed by atoms with Gasteiger partial charge in [0.05, 0.1) is 17.1 Å². The summed E-state index contributed by atoms with van der Waals surface area (Å²) in [4.78, 5) is 0.230. The van der Waals surface area contributed by atoms with E-state index in [0.29, 0.717) is 37.8 Å². The Balaban J connectivity index is 1.91. The first-order chi connectivity index (χ1) is 9.96. The molecular formula is C14H19NO5S. The monoisotopic (exact) mass is 313 g/mol. The molecule has 1 fully saturated rings. The zero-order valence-electron chi connectivity index (χ0n) is 12.1. The van der Waals surface area contributed by atoms with E-state index in [9.17, 15) is 8.42 Å². The molecule has 1 aromatic rings. The summed E-state index contributed by atoms with van der Waals surface area (Å²) in [5.74, 6) is 1.07. The van der Waals surface area contributed by atoms with E-state index in [1.807, 2.05) is 13.8 Å². The molecule has 0 radical (unpaired) electrons. The van der Waals surface area contributed by atoms with Gasteiger partial charge in [-0.15, -0.1) is 0 Å². The molecule has 116 valence electrons. The molecule has 0 amide bonds. The van der Waals surface area contributed by atoms with Crippen LogP contribution in [-0.2, 0) is 14.8 Å². The smallest absolute Gasteiger partial charge is 0.243 e. The van der Waals surface area contributed by atoms with Crippen molar-refractivity contribution in [2.24, 2.45) is 0 Å². The van der Waals surface area contributed by atoms with Gasteiger partial charge in [-0.05, 0) is 26.0 Å². The molecule has 3 rings (SSSR count). The van der Waals surface area contributed by atoms with Crippen molar-refractivity contribution >= 4 is 10.0 Å². The summed E-state index contributed by atoms with van der Waals surface area (Å²) >= 11 is 0. The summed E-state index contributed by atoms with van der Waals surface area (Å²) < 4.78 is 43.4. The zero-order valence-corrected chi connectivity index (χ0v) is 12.9. The number of ether oxygens (including phenoxy) is 3. The summed E-state index contributed by atoms with van der Waals surface area (Å²) in [5.41, 5.74) is 0. The van der Waals surface area contributed by atoms with E-state index in [2.05, 4.69) is 0 Å². The first-order valence-electron chi connectivity index (χ1n) is 7.02. The molecule has 0 bridgehead atoms. The summed E-state index contributed by atoms with van der Waals surface area (Å²) in [7, 11) is -3.54. The van der Waals surface area contributed by atoms with Gasteiger partial charge < -0.3 is 14.2 Å². The highest BCUT2D eigenvalue weighted by molar-refractivity contribution is 7.89. The Bertz CT molecular complexity index is 620. The Morgan fingerprint density at radius 1 is 1.05 bits per heavy atom. The van der Waals surface area contributed by atoms with E-state index in [4.69, 9.17) is 14.2 Å².